The molecule has 0 aliphatic rings. The van der Waals surface area contributed by atoms with Crippen LogP contribution in [0.15, 0.2) is 22.7 Å². The van der Waals surface area contributed by atoms with Crippen LogP contribution in [0.3, 0.4) is 0 Å². The van der Waals surface area contributed by atoms with Gasteiger partial charge < -0.3 is 24.9 Å². The summed E-state index contributed by atoms with van der Waals surface area (Å²) in [5.41, 5.74) is -0.216. The molecule has 0 spiro atoms. The summed E-state index contributed by atoms with van der Waals surface area (Å²) < 4.78 is 9.05. The van der Waals surface area contributed by atoms with E-state index < -0.39 is 28.6 Å². The summed E-state index contributed by atoms with van der Waals surface area (Å²) in [6.45, 7) is 0. The fraction of sp³-hybridized carbons (Fsp3) is 0.143. The fourth-order valence-corrected chi connectivity index (χ4v) is 2.45. The van der Waals surface area contributed by atoms with Gasteiger partial charge in [-0.05, 0) is 39.1 Å². The highest BCUT2D eigenvalue weighted by molar-refractivity contribution is 9.10. The van der Waals surface area contributed by atoms with Crippen molar-refractivity contribution in [3.8, 4) is 0 Å². The first-order valence-electron chi connectivity index (χ1n) is 6.79. The number of benzene rings is 1. The second-order valence-corrected chi connectivity index (χ2v) is 5.52. The first-order chi connectivity index (χ1) is 12.3. The maximum absolute atomic E-state index is 12.3. The number of ether oxygens (including phenoxy) is 2. The van der Waals surface area contributed by atoms with Crippen LogP contribution in [-0.2, 0) is 9.47 Å². The van der Waals surface area contributed by atoms with Gasteiger partial charge in [0.05, 0.1) is 25.3 Å². The lowest BCUT2D eigenvalue weighted by atomic mass is 10.1. The van der Waals surface area contributed by atoms with Crippen LogP contribution in [0.1, 0.15) is 31.2 Å². The molecule has 1 aromatic heterocycles. The van der Waals surface area contributed by atoms with E-state index in [9.17, 15) is 24.5 Å². The molecule has 0 radical (unpaired) electrons. The molecular weight excluding hydrogens is 416 g/mol. The Morgan fingerprint density at radius 3 is 2.12 bits per heavy atom. The van der Waals surface area contributed by atoms with E-state index in [0.717, 1.165) is 14.2 Å². The molecule has 2 rings (SSSR count). The molecule has 1 heterocycles. The van der Waals surface area contributed by atoms with Gasteiger partial charge in [-0.1, -0.05) is 5.10 Å². The molecule has 0 bridgehead atoms. The minimum absolute atomic E-state index is 0.00206. The Morgan fingerprint density at radius 1 is 1.15 bits per heavy atom. The zero-order chi connectivity index (χ0) is 19.4. The number of carbonyl (C=O) groups excluding carboxylic acids is 3. The van der Waals surface area contributed by atoms with Crippen LogP contribution in [0.4, 0.5) is 11.5 Å². The van der Waals surface area contributed by atoms with E-state index in [-0.39, 0.29) is 27.0 Å². The van der Waals surface area contributed by atoms with Gasteiger partial charge in [0.2, 0.25) is 0 Å². The van der Waals surface area contributed by atoms with Crippen molar-refractivity contribution in [3.05, 3.63) is 49.6 Å². The van der Waals surface area contributed by atoms with Gasteiger partial charge in [-0.15, -0.1) is 5.10 Å². The summed E-state index contributed by atoms with van der Waals surface area (Å²) in [5, 5.41) is 18.9. The Morgan fingerprint density at radius 2 is 1.69 bits per heavy atom. The molecule has 0 saturated carbocycles. The zero-order valence-corrected chi connectivity index (χ0v) is 14.9. The normalized spacial score (nSPS) is 10.1. The van der Waals surface area contributed by atoms with Gasteiger partial charge in [0.15, 0.2) is 5.69 Å². The summed E-state index contributed by atoms with van der Waals surface area (Å²) in [5.74, 6) is -2.77. The quantitative estimate of drug-likeness (QED) is 0.417. The maximum atomic E-state index is 12.3. The molecule has 0 aliphatic carbocycles. The van der Waals surface area contributed by atoms with Crippen molar-refractivity contribution in [2.24, 2.45) is 0 Å². The molecule has 0 fully saturated rings. The van der Waals surface area contributed by atoms with E-state index in [1.165, 1.54) is 18.2 Å². The first-order valence-corrected chi connectivity index (χ1v) is 7.59. The predicted octanol–water partition coefficient (Wildman–Crippen LogP) is 1.91. The third-order valence-electron chi connectivity index (χ3n) is 3.12. The number of carbonyl (C=O) groups is 3. The Hall–Kier alpha value is -3.28. The van der Waals surface area contributed by atoms with Crippen molar-refractivity contribution >= 4 is 45.3 Å². The van der Waals surface area contributed by atoms with Gasteiger partial charge >= 0.3 is 17.8 Å². The van der Waals surface area contributed by atoms with Crippen molar-refractivity contribution in [1.29, 1.82) is 0 Å². The van der Waals surface area contributed by atoms with Crippen molar-refractivity contribution in [3.63, 3.8) is 0 Å². The van der Waals surface area contributed by atoms with Crippen LogP contribution in [-0.4, -0.2) is 47.2 Å². The Balaban J connectivity index is 2.38. The number of H-pyrrole nitrogens is 1. The molecule has 1 aromatic carbocycles. The summed E-state index contributed by atoms with van der Waals surface area (Å²) in [7, 11) is 2.32. The highest BCUT2D eigenvalue weighted by Gasteiger charge is 2.25. The fourth-order valence-electron chi connectivity index (χ4n) is 1.95. The lowest BCUT2D eigenvalue weighted by Crippen LogP contribution is -2.15. The summed E-state index contributed by atoms with van der Waals surface area (Å²) in [6.07, 6.45) is 0. The molecule has 0 aliphatic heterocycles. The Bertz CT molecular complexity index is 874. The average Bonchev–Trinajstić information content (AvgIpc) is 3.01. The van der Waals surface area contributed by atoms with E-state index in [2.05, 4.69) is 40.9 Å². The summed E-state index contributed by atoms with van der Waals surface area (Å²) in [6, 6.07) is 3.78. The van der Waals surface area contributed by atoms with E-state index in [1.807, 2.05) is 0 Å². The van der Waals surface area contributed by atoms with Gasteiger partial charge in [0, 0.05) is 5.69 Å². The number of halogens is 1. The maximum Gasteiger partial charge on any atom is 0.357 e. The van der Waals surface area contributed by atoms with Crippen molar-refractivity contribution in [2.45, 2.75) is 0 Å². The summed E-state index contributed by atoms with van der Waals surface area (Å²) >= 11 is 2.92. The van der Waals surface area contributed by atoms with E-state index in [1.54, 1.807) is 0 Å². The molecule has 26 heavy (non-hydrogen) atoms. The molecule has 0 atom stereocenters. The third kappa shape index (κ3) is 3.85. The third-order valence-corrected chi connectivity index (χ3v) is 3.87. The number of aromatic amines is 1. The van der Waals surface area contributed by atoms with Crippen molar-refractivity contribution in [2.75, 3.05) is 19.5 Å². The number of hydrogen-bond donors (Lipinski definition) is 2. The topological polar surface area (TPSA) is 154 Å². The Kier molecular flexibility index (Phi) is 5.67. The SMILES string of the molecule is COC(=O)c1cc(NC(=O)c2n[nH]c([N+](=O)[O-])c2Br)cc(C(=O)OC)c1. The highest BCUT2D eigenvalue weighted by atomic mass is 79.9. The lowest BCUT2D eigenvalue weighted by molar-refractivity contribution is -0.390. The molecule has 12 heteroatoms. The monoisotopic (exact) mass is 426 g/mol. The van der Waals surface area contributed by atoms with Crippen LogP contribution in [0.25, 0.3) is 0 Å². The zero-order valence-electron chi connectivity index (χ0n) is 13.4. The van der Waals surface area contributed by atoms with Gasteiger partial charge in [-0.3, -0.25) is 4.79 Å². The summed E-state index contributed by atoms with van der Waals surface area (Å²) in [4.78, 5) is 45.8. The molecule has 2 N–H and O–H groups in total. The van der Waals surface area contributed by atoms with Gasteiger partial charge in [0.25, 0.3) is 5.91 Å². The van der Waals surface area contributed by atoms with Crippen molar-refractivity contribution < 1.29 is 28.8 Å². The molecule has 11 nitrogen and oxygen atoms in total. The van der Waals surface area contributed by atoms with E-state index >= 15 is 0 Å². The number of esters is 2. The van der Waals surface area contributed by atoms with Gasteiger partial charge in [-0.2, -0.15) is 0 Å². The smallest absolute Gasteiger partial charge is 0.357 e. The first kappa shape index (κ1) is 19.1. The van der Waals surface area contributed by atoms with Crippen LogP contribution in [0, 0.1) is 10.1 Å². The number of hydrogen-bond acceptors (Lipinski definition) is 8. The minimum atomic E-state index is -0.806. The number of nitro groups is 1. The lowest BCUT2D eigenvalue weighted by Gasteiger charge is -2.08. The number of amides is 1. The Labute approximate surface area is 153 Å². The number of anilines is 1. The number of nitrogens with zero attached hydrogens (tertiary/aromatic N) is 2. The molecule has 1 amide bonds. The van der Waals surface area contributed by atoms with Crippen LogP contribution >= 0.6 is 15.9 Å². The van der Waals surface area contributed by atoms with Crippen LogP contribution in [0.2, 0.25) is 0 Å². The molecule has 2 aromatic rings. The number of aromatic nitrogens is 2. The minimum Gasteiger partial charge on any atom is -0.465 e. The number of methoxy groups -OCH3 is 2. The molecule has 0 unspecified atom stereocenters. The second kappa shape index (κ2) is 7.74. The number of rotatable bonds is 5. The van der Waals surface area contributed by atoms with E-state index in [4.69, 9.17) is 0 Å². The van der Waals surface area contributed by atoms with Gasteiger partial charge in [0.1, 0.15) is 4.47 Å². The molecule has 136 valence electrons. The molecule has 0 saturated heterocycles. The molecular formula is C14H11BrN4O7. The number of nitrogens with one attached hydrogen (secondary N) is 2. The standard InChI is InChI=1S/C14H11BrN4O7/c1-25-13(21)6-3-7(14(22)26-2)5-8(4-6)16-12(20)10-9(15)11(18-17-10)19(23)24/h3-5H,1-2H3,(H,16,20)(H,17,18). The van der Waals surface area contributed by atoms with Crippen LogP contribution in [0.5, 0.6) is 0 Å². The van der Waals surface area contributed by atoms with Gasteiger partial charge in [-0.25, -0.2) is 9.59 Å². The van der Waals surface area contributed by atoms with E-state index in [0.29, 0.717) is 0 Å². The predicted molar refractivity (Wildman–Crippen MR) is 90.0 cm³/mol. The highest BCUT2D eigenvalue weighted by Crippen LogP contribution is 2.26. The second-order valence-electron chi connectivity index (χ2n) is 4.73. The average molecular weight is 427 g/mol. The largest absolute Gasteiger partial charge is 0.465 e. The van der Waals surface area contributed by atoms with Crippen LogP contribution < -0.4 is 5.32 Å². The van der Waals surface area contributed by atoms with Crippen molar-refractivity contribution in [1.82, 2.24) is 10.2 Å².